The summed E-state index contributed by atoms with van der Waals surface area (Å²) >= 11 is 0. The number of benzene rings is 2. The molecule has 6 heteroatoms. The summed E-state index contributed by atoms with van der Waals surface area (Å²) in [5.41, 5.74) is 2.34. The number of oxazole rings is 1. The Labute approximate surface area is 114 Å². The molecule has 1 heterocycles. The Balaban J connectivity index is 1.75. The number of nitrogens with zero attached hydrogens (tertiary/aromatic N) is 2. The fourth-order valence-electron chi connectivity index (χ4n) is 1.91. The highest BCUT2D eigenvalue weighted by Crippen LogP contribution is 2.19. The minimum atomic E-state index is -0.414. The van der Waals surface area contributed by atoms with E-state index in [-0.39, 0.29) is 5.69 Å². The molecule has 0 aliphatic rings. The van der Waals surface area contributed by atoms with E-state index in [1.165, 1.54) is 12.1 Å². The van der Waals surface area contributed by atoms with Crippen LogP contribution >= 0.6 is 0 Å². The second-order valence-corrected chi connectivity index (χ2v) is 4.27. The molecule has 0 aliphatic heterocycles. The number of fused-ring (bicyclic) bond motifs is 1. The summed E-state index contributed by atoms with van der Waals surface area (Å²) in [5.74, 6) is 0. The van der Waals surface area contributed by atoms with E-state index in [1.54, 1.807) is 6.07 Å². The third-order valence-corrected chi connectivity index (χ3v) is 2.86. The third-order valence-electron chi connectivity index (χ3n) is 2.86. The maximum absolute atomic E-state index is 10.7. The van der Waals surface area contributed by atoms with Crippen LogP contribution in [0.3, 0.4) is 0 Å². The molecule has 0 saturated carbocycles. The number of non-ortho nitro benzene ring substituents is 1. The van der Waals surface area contributed by atoms with E-state index in [0.717, 1.165) is 11.1 Å². The lowest BCUT2D eigenvalue weighted by Gasteiger charge is -2.01. The first-order valence-corrected chi connectivity index (χ1v) is 6.05. The molecule has 0 bridgehead atoms. The fourth-order valence-corrected chi connectivity index (χ4v) is 1.91. The molecule has 3 aromatic rings. The van der Waals surface area contributed by atoms with Gasteiger partial charge in [-0.15, -0.1) is 0 Å². The summed E-state index contributed by atoms with van der Waals surface area (Å²) < 4.78 is 5.51. The van der Waals surface area contributed by atoms with Crippen molar-refractivity contribution >= 4 is 22.8 Å². The molecule has 0 fully saturated rings. The first-order valence-electron chi connectivity index (χ1n) is 6.05. The smallest absolute Gasteiger partial charge is 0.295 e. The van der Waals surface area contributed by atoms with Crippen molar-refractivity contribution in [3.8, 4) is 0 Å². The van der Waals surface area contributed by atoms with E-state index < -0.39 is 4.92 Å². The second kappa shape index (κ2) is 5.00. The van der Waals surface area contributed by atoms with Crippen LogP contribution in [0.1, 0.15) is 5.56 Å². The normalized spacial score (nSPS) is 10.6. The SMILES string of the molecule is O=[N+]([O-])c1cccc(CNc2nc3ccccc3o2)c1. The number of rotatable bonds is 4. The van der Waals surface area contributed by atoms with Crippen LogP contribution in [0, 0.1) is 10.1 Å². The van der Waals surface area contributed by atoms with Gasteiger partial charge in [0.25, 0.3) is 11.7 Å². The first kappa shape index (κ1) is 12.2. The van der Waals surface area contributed by atoms with Gasteiger partial charge in [0, 0.05) is 18.7 Å². The van der Waals surface area contributed by atoms with Gasteiger partial charge in [-0.2, -0.15) is 4.98 Å². The topological polar surface area (TPSA) is 81.2 Å². The van der Waals surface area contributed by atoms with E-state index in [9.17, 15) is 10.1 Å². The third kappa shape index (κ3) is 2.44. The highest BCUT2D eigenvalue weighted by atomic mass is 16.6. The molecule has 3 rings (SSSR count). The largest absolute Gasteiger partial charge is 0.424 e. The molecule has 100 valence electrons. The Morgan fingerprint density at radius 3 is 2.85 bits per heavy atom. The van der Waals surface area contributed by atoms with Crippen molar-refractivity contribution in [2.24, 2.45) is 0 Å². The quantitative estimate of drug-likeness (QED) is 0.580. The molecular formula is C14H11N3O3. The van der Waals surface area contributed by atoms with Crippen molar-refractivity contribution in [2.75, 3.05) is 5.32 Å². The summed E-state index contributed by atoms with van der Waals surface area (Å²) in [7, 11) is 0. The highest BCUT2D eigenvalue weighted by molar-refractivity contribution is 5.74. The minimum absolute atomic E-state index is 0.0712. The lowest BCUT2D eigenvalue weighted by molar-refractivity contribution is -0.384. The van der Waals surface area contributed by atoms with Crippen LogP contribution in [0.5, 0.6) is 0 Å². The van der Waals surface area contributed by atoms with Gasteiger partial charge in [-0.1, -0.05) is 24.3 Å². The van der Waals surface area contributed by atoms with E-state index in [2.05, 4.69) is 10.3 Å². The summed E-state index contributed by atoms with van der Waals surface area (Å²) in [6.45, 7) is 0.411. The van der Waals surface area contributed by atoms with Gasteiger partial charge in [0.15, 0.2) is 5.58 Å². The monoisotopic (exact) mass is 269 g/mol. The van der Waals surface area contributed by atoms with Gasteiger partial charge in [-0.25, -0.2) is 0 Å². The number of hydrogen-bond acceptors (Lipinski definition) is 5. The summed E-state index contributed by atoms with van der Waals surface area (Å²) in [4.78, 5) is 14.6. The number of nitro benzene ring substituents is 1. The summed E-state index contributed by atoms with van der Waals surface area (Å²) in [6, 6.07) is 14.3. The Morgan fingerprint density at radius 2 is 2.05 bits per heavy atom. The number of para-hydroxylation sites is 2. The Kier molecular flexibility index (Phi) is 3.04. The average Bonchev–Trinajstić information content (AvgIpc) is 2.88. The fraction of sp³-hybridized carbons (Fsp3) is 0.0714. The minimum Gasteiger partial charge on any atom is -0.424 e. The predicted octanol–water partition coefficient (Wildman–Crippen LogP) is 3.35. The van der Waals surface area contributed by atoms with E-state index >= 15 is 0 Å². The van der Waals surface area contributed by atoms with Crippen LogP contribution in [0.25, 0.3) is 11.1 Å². The van der Waals surface area contributed by atoms with E-state index in [4.69, 9.17) is 4.42 Å². The molecule has 0 unspecified atom stereocenters. The van der Waals surface area contributed by atoms with Crippen LogP contribution in [0.2, 0.25) is 0 Å². The van der Waals surface area contributed by atoms with Crippen molar-refractivity contribution in [3.05, 3.63) is 64.2 Å². The molecule has 1 N–H and O–H groups in total. The van der Waals surface area contributed by atoms with Gasteiger partial charge in [0.05, 0.1) is 4.92 Å². The Hall–Kier alpha value is -2.89. The zero-order chi connectivity index (χ0) is 13.9. The maximum Gasteiger partial charge on any atom is 0.295 e. The van der Waals surface area contributed by atoms with Crippen LogP contribution in [0.4, 0.5) is 11.7 Å². The summed E-state index contributed by atoms with van der Waals surface area (Å²) in [5, 5.41) is 13.7. The van der Waals surface area contributed by atoms with Crippen LogP contribution < -0.4 is 5.32 Å². The molecule has 0 saturated heterocycles. The lowest BCUT2D eigenvalue weighted by atomic mass is 10.2. The number of nitro groups is 1. The number of hydrogen-bond donors (Lipinski definition) is 1. The average molecular weight is 269 g/mol. The Morgan fingerprint density at radius 1 is 1.20 bits per heavy atom. The van der Waals surface area contributed by atoms with Gasteiger partial charge in [0.1, 0.15) is 5.52 Å². The van der Waals surface area contributed by atoms with Crippen molar-refractivity contribution < 1.29 is 9.34 Å². The zero-order valence-electron chi connectivity index (χ0n) is 10.4. The standard InChI is InChI=1S/C14H11N3O3/c18-17(19)11-5-3-4-10(8-11)9-15-14-16-12-6-1-2-7-13(12)20-14/h1-8H,9H2,(H,15,16). The van der Waals surface area contributed by atoms with Crippen molar-refractivity contribution in [3.63, 3.8) is 0 Å². The van der Waals surface area contributed by atoms with Gasteiger partial charge in [-0.05, 0) is 17.7 Å². The number of anilines is 1. The van der Waals surface area contributed by atoms with E-state index in [0.29, 0.717) is 18.1 Å². The lowest BCUT2D eigenvalue weighted by Crippen LogP contribution is -2.00. The number of aromatic nitrogens is 1. The van der Waals surface area contributed by atoms with Crippen LogP contribution in [-0.4, -0.2) is 9.91 Å². The van der Waals surface area contributed by atoms with E-state index in [1.807, 2.05) is 30.3 Å². The van der Waals surface area contributed by atoms with Gasteiger partial charge >= 0.3 is 0 Å². The van der Waals surface area contributed by atoms with Crippen LogP contribution in [-0.2, 0) is 6.54 Å². The molecule has 0 radical (unpaired) electrons. The highest BCUT2D eigenvalue weighted by Gasteiger charge is 2.07. The van der Waals surface area contributed by atoms with Gasteiger partial charge < -0.3 is 9.73 Å². The molecule has 0 amide bonds. The number of nitrogens with one attached hydrogen (secondary N) is 1. The first-order chi connectivity index (χ1) is 9.72. The maximum atomic E-state index is 10.7. The molecule has 0 spiro atoms. The van der Waals surface area contributed by atoms with Gasteiger partial charge in [0.2, 0.25) is 0 Å². The van der Waals surface area contributed by atoms with Crippen LogP contribution in [0.15, 0.2) is 52.9 Å². The van der Waals surface area contributed by atoms with Crippen molar-refractivity contribution in [2.45, 2.75) is 6.54 Å². The molecule has 0 atom stereocenters. The summed E-state index contributed by atoms with van der Waals surface area (Å²) in [6.07, 6.45) is 0. The van der Waals surface area contributed by atoms with Gasteiger partial charge in [-0.3, -0.25) is 10.1 Å². The molecule has 0 aliphatic carbocycles. The molecular weight excluding hydrogens is 258 g/mol. The molecule has 2 aromatic carbocycles. The predicted molar refractivity (Wildman–Crippen MR) is 74.4 cm³/mol. The Bertz CT molecular complexity index is 734. The molecule has 1 aromatic heterocycles. The molecule has 6 nitrogen and oxygen atoms in total. The second-order valence-electron chi connectivity index (χ2n) is 4.27. The van der Waals surface area contributed by atoms with Crippen molar-refractivity contribution in [1.29, 1.82) is 0 Å². The van der Waals surface area contributed by atoms with Crippen molar-refractivity contribution in [1.82, 2.24) is 4.98 Å². The zero-order valence-corrected chi connectivity index (χ0v) is 10.4. The molecule has 20 heavy (non-hydrogen) atoms.